The first-order valence-electron chi connectivity index (χ1n) is 10.8. The van der Waals surface area contributed by atoms with Gasteiger partial charge in [0.25, 0.3) is 11.8 Å². The zero-order chi connectivity index (χ0) is 26.7. The summed E-state index contributed by atoms with van der Waals surface area (Å²) in [5, 5.41) is 15.8. The lowest BCUT2D eigenvalue weighted by Gasteiger charge is -2.28. The maximum absolute atomic E-state index is 13.1. The molecule has 3 N–H and O–H groups in total. The van der Waals surface area contributed by atoms with E-state index in [-0.39, 0.29) is 0 Å². The van der Waals surface area contributed by atoms with Gasteiger partial charge in [0.15, 0.2) is 6.10 Å². The zero-order valence-corrected chi connectivity index (χ0v) is 20.0. The van der Waals surface area contributed by atoms with E-state index in [4.69, 9.17) is 0 Å². The third-order valence-electron chi connectivity index (χ3n) is 5.34. The molecule has 36 heavy (non-hydrogen) atoms. The fourth-order valence-electron chi connectivity index (χ4n) is 3.41. The van der Waals surface area contributed by atoms with Gasteiger partial charge in [-0.1, -0.05) is 48.5 Å². The smallest absolute Gasteiger partial charge is 0.329 e. The number of rotatable bonds is 11. The quantitative estimate of drug-likeness (QED) is 0.296. The van der Waals surface area contributed by atoms with Gasteiger partial charge >= 0.3 is 17.9 Å². The molecule has 2 rings (SSSR count). The Bertz CT molecular complexity index is 1060. The number of amides is 2. The average molecular weight is 501 g/mol. The molecule has 0 aliphatic carbocycles. The Labute approximate surface area is 207 Å². The van der Waals surface area contributed by atoms with Crippen LogP contribution in [0.1, 0.15) is 28.4 Å². The summed E-state index contributed by atoms with van der Waals surface area (Å²) >= 11 is 0. The van der Waals surface area contributed by atoms with Gasteiger partial charge < -0.3 is 30.0 Å². The maximum atomic E-state index is 13.1. The molecule has 192 valence electrons. The Morgan fingerprint density at radius 1 is 0.778 bits per heavy atom. The molecule has 0 fully saturated rings. The third kappa shape index (κ3) is 7.37. The van der Waals surface area contributed by atoms with Crippen LogP contribution < -0.4 is 10.6 Å². The van der Waals surface area contributed by atoms with E-state index in [1.807, 2.05) is 0 Å². The van der Waals surface area contributed by atoms with Crippen LogP contribution in [0, 0.1) is 5.92 Å². The lowest BCUT2D eigenvalue weighted by Crippen LogP contribution is -2.54. The number of carbonyl (C=O) groups excluding carboxylic acids is 5. The highest BCUT2D eigenvalue weighted by molar-refractivity contribution is 5.96. The molecule has 0 spiro atoms. The van der Waals surface area contributed by atoms with Crippen LogP contribution in [0.3, 0.4) is 0 Å². The van der Waals surface area contributed by atoms with E-state index in [2.05, 4.69) is 24.8 Å². The molecule has 2 aromatic rings. The van der Waals surface area contributed by atoms with Crippen LogP contribution in [0.4, 0.5) is 0 Å². The molecule has 0 saturated heterocycles. The molecule has 4 atom stereocenters. The van der Waals surface area contributed by atoms with Gasteiger partial charge in [-0.2, -0.15) is 0 Å². The van der Waals surface area contributed by atoms with Crippen molar-refractivity contribution in [2.45, 2.75) is 24.6 Å². The molecule has 2 amide bonds. The lowest BCUT2D eigenvalue weighted by molar-refractivity contribution is -0.160. The van der Waals surface area contributed by atoms with E-state index < -0.39 is 60.2 Å². The summed E-state index contributed by atoms with van der Waals surface area (Å²) in [5.41, 5.74) is 0.695. The molecule has 0 aliphatic rings. The van der Waals surface area contributed by atoms with Gasteiger partial charge in [-0.25, -0.2) is 4.79 Å². The number of hydrogen-bond acceptors (Lipinski definition) is 9. The Balaban J connectivity index is 2.35. The highest BCUT2D eigenvalue weighted by Crippen LogP contribution is 2.20. The minimum atomic E-state index is -1.90. The molecular weight excluding hydrogens is 472 g/mol. The van der Waals surface area contributed by atoms with Crippen molar-refractivity contribution in [2.24, 2.45) is 5.92 Å². The predicted molar refractivity (Wildman–Crippen MR) is 125 cm³/mol. The number of esters is 3. The summed E-state index contributed by atoms with van der Waals surface area (Å²) in [4.78, 5) is 62.5. The second-order valence-corrected chi connectivity index (χ2v) is 7.59. The van der Waals surface area contributed by atoms with Gasteiger partial charge in [0.2, 0.25) is 0 Å². The Morgan fingerprint density at radius 2 is 1.33 bits per heavy atom. The van der Waals surface area contributed by atoms with Gasteiger partial charge in [0.1, 0.15) is 6.04 Å². The standard InChI is InChI=1S/C25H28N2O9/c1-34-18(28)14-17(24(32)35-2)20(25(33)36-3)27-23(31)21(29)19(15-10-6-4-7-11-15)26-22(30)16-12-8-5-9-13-16/h4-13,17,19-21,29H,14H2,1-3H3,(H,26,30)(H,27,31)/t17-,19+,20+,21-/m1/s1. The highest BCUT2D eigenvalue weighted by atomic mass is 16.5. The van der Waals surface area contributed by atoms with Crippen molar-refractivity contribution in [3.05, 3.63) is 71.8 Å². The molecule has 0 saturated carbocycles. The Morgan fingerprint density at radius 3 is 1.86 bits per heavy atom. The van der Waals surface area contributed by atoms with Gasteiger partial charge in [-0.05, 0) is 17.7 Å². The van der Waals surface area contributed by atoms with Crippen molar-refractivity contribution in [3.63, 3.8) is 0 Å². The van der Waals surface area contributed by atoms with Crippen molar-refractivity contribution in [3.8, 4) is 0 Å². The third-order valence-corrected chi connectivity index (χ3v) is 5.34. The number of aliphatic hydroxyl groups is 1. The summed E-state index contributed by atoms with van der Waals surface area (Å²) < 4.78 is 13.9. The largest absolute Gasteiger partial charge is 0.469 e. The summed E-state index contributed by atoms with van der Waals surface area (Å²) in [6.07, 6.45) is -2.50. The number of methoxy groups -OCH3 is 3. The van der Waals surface area contributed by atoms with Crippen LogP contribution >= 0.6 is 0 Å². The number of benzene rings is 2. The Kier molecular flexibility index (Phi) is 10.6. The molecule has 0 aromatic heterocycles. The lowest BCUT2D eigenvalue weighted by atomic mass is 9.94. The molecular formula is C25H28N2O9. The van der Waals surface area contributed by atoms with Crippen LogP contribution in [-0.4, -0.2) is 68.3 Å². The number of hydrogen-bond donors (Lipinski definition) is 3. The summed E-state index contributed by atoms with van der Waals surface area (Å²) in [6, 6.07) is 13.5. The first-order chi connectivity index (χ1) is 17.2. The minimum absolute atomic E-state index is 0.294. The fourth-order valence-corrected chi connectivity index (χ4v) is 3.41. The summed E-state index contributed by atoms with van der Waals surface area (Å²) in [6.45, 7) is 0. The topological polar surface area (TPSA) is 157 Å². The van der Waals surface area contributed by atoms with Crippen LogP contribution in [0.15, 0.2) is 60.7 Å². The second kappa shape index (κ2) is 13.6. The highest BCUT2D eigenvalue weighted by Gasteiger charge is 2.41. The van der Waals surface area contributed by atoms with Crippen LogP contribution in [0.25, 0.3) is 0 Å². The van der Waals surface area contributed by atoms with Crippen LogP contribution in [0.5, 0.6) is 0 Å². The Hall–Kier alpha value is -4.25. The first-order valence-corrected chi connectivity index (χ1v) is 10.8. The number of aliphatic hydroxyl groups excluding tert-OH is 1. The van der Waals surface area contributed by atoms with E-state index in [9.17, 15) is 29.1 Å². The molecule has 0 radical (unpaired) electrons. The van der Waals surface area contributed by atoms with Crippen molar-refractivity contribution < 1.29 is 43.3 Å². The SMILES string of the molecule is COC(=O)C[C@@H](C(=O)OC)[C@H](NC(=O)[C@H](O)[C@@H](NC(=O)c1ccccc1)c1ccccc1)C(=O)OC. The molecule has 0 aliphatic heterocycles. The van der Waals surface area contributed by atoms with Gasteiger partial charge in [-0.15, -0.1) is 0 Å². The minimum Gasteiger partial charge on any atom is -0.469 e. The molecule has 11 nitrogen and oxygen atoms in total. The molecule has 0 unspecified atom stereocenters. The molecule has 11 heteroatoms. The second-order valence-electron chi connectivity index (χ2n) is 7.59. The van der Waals surface area contributed by atoms with Gasteiger partial charge in [-0.3, -0.25) is 19.2 Å². The number of ether oxygens (including phenoxy) is 3. The van der Waals surface area contributed by atoms with E-state index >= 15 is 0 Å². The average Bonchev–Trinajstić information content (AvgIpc) is 2.92. The maximum Gasteiger partial charge on any atom is 0.329 e. The van der Waals surface area contributed by atoms with E-state index in [1.165, 1.54) is 0 Å². The zero-order valence-electron chi connectivity index (χ0n) is 20.0. The molecule has 2 aromatic carbocycles. The van der Waals surface area contributed by atoms with Crippen LogP contribution in [0.2, 0.25) is 0 Å². The normalized spacial score (nSPS) is 13.8. The number of nitrogens with one attached hydrogen (secondary N) is 2. The van der Waals surface area contributed by atoms with E-state index in [0.29, 0.717) is 11.1 Å². The predicted octanol–water partition coefficient (Wildman–Crippen LogP) is 0.529. The summed E-state index contributed by atoms with van der Waals surface area (Å²) in [5.74, 6) is -6.04. The van der Waals surface area contributed by atoms with E-state index in [1.54, 1.807) is 60.7 Å². The first kappa shape index (κ1) is 28.0. The number of carbonyl (C=O) groups is 5. The van der Waals surface area contributed by atoms with E-state index in [0.717, 1.165) is 21.3 Å². The van der Waals surface area contributed by atoms with Crippen LogP contribution in [-0.2, 0) is 33.4 Å². The van der Waals surface area contributed by atoms with Gasteiger partial charge in [0, 0.05) is 5.56 Å². The van der Waals surface area contributed by atoms with Gasteiger partial charge in [0.05, 0.1) is 39.7 Å². The fraction of sp³-hybridized carbons (Fsp3) is 0.320. The van der Waals surface area contributed by atoms with Crippen molar-refractivity contribution in [2.75, 3.05) is 21.3 Å². The monoisotopic (exact) mass is 500 g/mol. The van der Waals surface area contributed by atoms with Crippen molar-refractivity contribution in [1.29, 1.82) is 0 Å². The molecule has 0 heterocycles. The van der Waals surface area contributed by atoms with Crippen molar-refractivity contribution in [1.82, 2.24) is 10.6 Å². The summed E-state index contributed by atoms with van der Waals surface area (Å²) in [7, 11) is 3.16. The van der Waals surface area contributed by atoms with Crippen molar-refractivity contribution >= 4 is 29.7 Å². The molecule has 0 bridgehead atoms.